The second-order valence-electron chi connectivity index (χ2n) is 3.07. The van der Waals surface area contributed by atoms with Crippen LogP contribution in [0.1, 0.15) is 26.3 Å². The number of nitrogens with zero attached hydrogens (tertiary/aromatic N) is 1. The Morgan fingerprint density at radius 1 is 1.38 bits per heavy atom. The van der Waals surface area contributed by atoms with Crippen molar-refractivity contribution < 1.29 is 4.79 Å². The minimum atomic E-state index is 0.160. The van der Waals surface area contributed by atoms with Crippen LogP contribution < -0.4 is 5.32 Å². The number of ketones is 1. The molecule has 0 saturated carbocycles. The summed E-state index contributed by atoms with van der Waals surface area (Å²) in [5, 5.41) is 3.02. The van der Waals surface area contributed by atoms with Crippen LogP contribution in [0.5, 0.6) is 0 Å². The number of rotatable bonds is 4. The monoisotopic (exact) mass is 220 g/mol. The number of Topliss-reactive ketones (excluding diaryl/α,β-unsaturated/α-hetero) is 1. The lowest BCUT2D eigenvalue weighted by molar-refractivity contribution is -0.116. The van der Waals surface area contributed by atoms with Crippen molar-refractivity contribution in [2.24, 2.45) is 4.99 Å². The van der Waals surface area contributed by atoms with E-state index in [2.05, 4.69) is 10.3 Å². The number of carbonyl (C=O) groups excluding carboxylic acids is 1. The Labute approximate surface area is 97.6 Å². The SMILES string of the molecule is CC.CN=CNc1ccccc1CC(C)=O. The first-order chi connectivity index (χ1) is 7.74. The molecule has 1 aromatic rings. The van der Waals surface area contributed by atoms with Crippen molar-refractivity contribution in [3.8, 4) is 0 Å². The van der Waals surface area contributed by atoms with Gasteiger partial charge < -0.3 is 5.32 Å². The highest BCUT2D eigenvalue weighted by molar-refractivity contribution is 5.83. The van der Waals surface area contributed by atoms with E-state index in [-0.39, 0.29) is 5.78 Å². The minimum Gasteiger partial charge on any atom is -0.347 e. The lowest BCUT2D eigenvalue weighted by atomic mass is 10.1. The summed E-state index contributed by atoms with van der Waals surface area (Å²) in [7, 11) is 1.70. The molecule has 88 valence electrons. The maximum Gasteiger partial charge on any atom is 0.134 e. The summed E-state index contributed by atoms with van der Waals surface area (Å²) in [5.74, 6) is 0.160. The Morgan fingerprint density at radius 3 is 2.56 bits per heavy atom. The number of anilines is 1. The van der Waals surface area contributed by atoms with Gasteiger partial charge in [-0.25, -0.2) is 0 Å². The number of carbonyl (C=O) groups is 1. The first-order valence-electron chi connectivity index (χ1n) is 5.48. The average Bonchev–Trinajstić information content (AvgIpc) is 2.30. The van der Waals surface area contributed by atoms with E-state index in [0.29, 0.717) is 6.42 Å². The van der Waals surface area contributed by atoms with Crippen LogP contribution in [-0.4, -0.2) is 19.2 Å². The van der Waals surface area contributed by atoms with E-state index in [1.54, 1.807) is 20.3 Å². The summed E-state index contributed by atoms with van der Waals surface area (Å²) >= 11 is 0. The predicted octanol–water partition coefficient (Wildman–Crippen LogP) is 2.91. The Kier molecular flexibility index (Phi) is 7.76. The molecule has 0 bridgehead atoms. The van der Waals surface area contributed by atoms with Gasteiger partial charge in [0.2, 0.25) is 0 Å². The van der Waals surface area contributed by atoms with Gasteiger partial charge in [-0.3, -0.25) is 9.79 Å². The molecule has 1 aromatic carbocycles. The third-order valence-corrected chi connectivity index (χ3v) is 1.81. The third-order valence-electron chi connectivity index (χ3n) is 1.81. The standard InChI is InChI=1S/C11H14N2O.C2H6/c1-9(14)7-10-5-3-4-6-11(10)13-8-12-2;1-2/h3-6,8H,7H2,1-2H3,(H,12,13);1-2H3. The first kappa shape index (κ1) is 14.4. The Bertz CT molecular complexity index is 346. The second-order valence-corrected chi connectivity index (χ2v) is 3.07. The lowest BCUT2D eigenvalue weighted by Gasteiger charge is -2.06. The molecule has 0 aliphatic rings. The van der Waals surface area contributed by atoms with Gasteiger partial charge >= 0.3 is 0 Å². The summed E-state index contributed by atoms with van der Waals surface area (Å²) in [5.41, 5.74) is 1.94. The van der Waals surface area contributed by atoms with E-state index in [1.165, 1.54) is 0 Å². The van der Waals surface area contributed by atoms with E-state index in [1.807, 2.05) is 38.1 Å². The van der Waals surface area contributed by atoms with Gasteiger partial charge in [0, 0.05) is 19.2 Å². The van der Waals surface area contributed by atoms with Crippen molar-refractivity contribution in [3.63, 3.8) is 0 Å². The van der Waals surface area contributed by atoms with Crippen LogP contribution in [0.4, 0.5) is 5.69 Å². The Morgan fingerprint density at radius 2 is 2.00 bits per heavy atom. The maximum absolute atomic E-state index is 11.0. The molecule has 3 heteroatoms. The zero-order chi connectivity index (χ0) is 12.4. The normalized spacial score (nSPS) is 9.50. The molecular weight excluding hydrogens is 200 g/mol. The highest BCUT2D eigenvalue weighted by atomic mass is 16.1. The smallest absolute Gasteiger partial charge is 0.134 e. The largest absolute Gasteiger partial charge is 0.347 e. The summed E-state index contributed by atoms with van der Waals surface area (Å²) < 4.78 is 0. The van der Waals surface area contributed by atoms with Crippen molar-refractivity contribution in [2.75, 3.05) is 12.4 Å². The van der Waals surface area contributed by atoms with Crippen LogP contribution in [0.25, 0.3) is 0 Å². The van der Waals surface area contributed by atoms with Crippen LogP contribution in [0, 0.1) is 0 Å². The highest BCUT2D eigenvalue weighted by Crippen LogP contribution is 2.14. The van der Waals surface area contributed by atoms with Gasteiger partial charge in [-0.2, -0.15) is 0 Å². The average molecular weight is 220 g/mol. The summed E-state index contributed by atoms with van der Waals surface area (Å²) in [6.45, 7) is 5.59. The summed E-state index contributed by atoms with van der Waals surface area (Å²) in [4.78, 5) is 14.8. The molecule has 1 N–H and O–H groups in total. The first-order valence-corrected chi connectivity index (χ1v) is 5.48. The van der Waals surface area contributed by atoms with Crippen LogP contribution in [0.2, 0.25) is 0 Å². The van der Waals surface area contributed by atoms with Crippen LogP contribution in [-0.2, 0) is 11.2 Å². The van der Waals surface area contributed by atoms with E-state index in [4.69, 9.17) is 0 Å². The van der Waals surface area contributed by atoms with Gasteiger partial charge in [0.1, 0.15) is 5.78 Å². The van der Waals surface area contributed by atoms with E-state index in [9.17, 15) is 4.79 Å². The van der Waals surface area contributed by atoms with Crippen molar-refractivity contribution in [2.45, 2.75) is 27.2 Å². The fourth-order valence-electron chi connectivity index (χ4n) is 1.22. The predicted molar refractivity (Wildman–Crippen MR) is 70.2 cm³/mol. The molecule has 0 amide bonds. The molecule has 1 rings (SSSR count). The highest BCUT2D eigenvalue weighted by Gasteiger charge is 2.02. The van der Waals surface area contributed by atoms with E-state index < -0.39 is 0 Å². The number of hydrogen-bond acceptors (Lipinski definition) is 2. The van der Waals surface area contributed by atoms with Gasteiger partial charge in [0.05, 0.1) is 6.34 Å². The number of benzene rings is 1. The van der Waals surface area contributed by atoms with Gasteiger partial charge in [0.25, 0.3) is 0 Å². The molecule has 0 aliphatic carbocycles. The molecule has 0 radical (unpaired) electrons. The summed E-state index contributed by atoms with van der Waals surface area (Å²) in [6.07, 6.45) is 2.07. The lowest BCUT2D eigenvalue weighted by Crippen LogP contribution is -2.03. The Balaban J connectivity index is 0.00000106. The molecule has 0 saturated heterocycles. The van der Waals surface area contributed by atoms with Gasteiger partial charge in [-0.05, 0) is 18.6 Å². The maximum atomic E-state index is 11.0. The molecule has 16 heavy (non-hydrogen) atoms. The van der Waals surface area contributed by atoms with Gasteiger partial charge in [0.15, 0.2) is 0 Å². The van der Waals surface area contributed by atoms with Crippen LogP contribution in [0.3, 0.4) is 0 Å². The fourth-order valence-corrected chi connectivity index (χ4v) is 1.22. The fraction of sp³-hybridized carbons (Fsp3) is 0.385. The second kappa shape index (κ2) is 8.65. The molecule has 0 spiro atoms. The molecule has 0 fully saturated rings. The third kappa shape index (κ3) is 5.29. The number of nitrogens with one attached hydrogen (secondary N) is 1. The van der Waals surface area contributed by atoms with Crippen LogP contribution >= 0.6 is 0 Å². The molecule has 0 heterocycles. The molecular formula is C13H20N2O. The van der Waals surface area contributed by atoms with Gasteiger partial charge in [-0.1, -0.05) is 32.0 Å². The van der Waals surface area contributed by atoms with Crippen molar-refractivity contribution >= 4 is 17.8 Å². The topological polar surface area (TPSA) is 41.5 Å². The minimum absolute atomic E-state index is 0.160. The molecule has 3 nitrogen and oxygen atoms in total. The number of para-hydroxylation sites is 1. The summed E-state index contributed by atoms with van der Waals surface area (Å²) in [6, 6.07) is 7.72. The quantitative estimate of drug-likeness (QED) is 0.626. The number of hydrogen-bond donors (Lipinski definition) is 1. The van der Waals surface area contributed by atoms with Crippen LogP contribution in [0.15, 0.2) is 29.3 Å². The molecule has 0 aromatic heterocycles. The van der Waals surface area contributed by atoms with E-state index >= 15 is 0 Å². The Hall–Kier alpha value is -1.64. The molecule has 0 unspecified atom stereocenters. The zero-order valence-corrected chi connectivity index (χ0v) is 10.4. The van der Waals surface area contributed by atoms with Crippen molar-refractivity contribution in [1.82, 2.24) is 0 Å². The molecule has 0 aliphatic heterocycles. The van der Waals surface area contributed by atoms with Crippen molar-refractivity contribution in [1.29, 1.82) is 0 Å². The van der Waals surface area contributed by atoms with E-state index in [0.717, 1.165) is 11.3 Å². The number of aliphatic imine (C=N–C) groups is 1. The van der Waals surface area contributed by atoms with Gasteiger partial charge in [-0.15, -0.1) is 0 Å². The van der Waals surface area contributed by atoms with Crippen molar-refractivity contribution in [3.05, 3.63) is 29.8 Å². The molecule has 0 atom stereocenters. The zero-order valence-electron chi connectivity index (χ0n) is 10.4.